The highest BCUT2D eigenvalue weighted by atomic mass is 15.1. The number of benzene rings is 4. The Morgan fingerprint density at radius 2 is 1.00 bits per heavy atom. The van der Waals surface area contributed by atoms with Gasteiger partial charge in [-0.1, -0.05) is 134 Å². The first-order valence-corrected chi connectivity index (χ1v) is 13.6. The molecule has 4 aromatic rings. The van der Waals surface area contributed by atoms with Gasteiger partial charge < -0.3 is 4.90 Å². The average Bonchev–Trinajstić information content (AvgIpc) is 2.97. The largest absolute Gasteiger partial charge is 0.312 e. The predicted molar refractivity (Wildman–Crippen MR) is 160 cm³/mol. The van der Waals surface area contributed by atoms with Gasteiger partial charge in [0.2, 0.25) is 6.71 Å². The van der Waals surface area contributed by atoms with E-state index in [0.717, 1.165) is 6.42 Å². The van der Waals surface area contributed by atoms with Crippen LogP contribution < -0.4 is 21.3 Å². The highest BCUT2D eigenvalue weighted by Gasteiger charge is 2.39. The van der Waals surface area contributed by atoms with Crippen LogP contribution in [0.15, 0.2) is 97.1 Å². The van der Waals surface area contributed by atoms with Crippen molar-refractivity contribution in [1.82, 2.24) is 0 Å². The SMILES string of the molecule is CC.CC.CC.CC.c1ccc(N2c3ccccc3B3c4ccccc4Cc4cccc2c43)cc1. The highest BCUT2D eigenvalue weighted by Crippen LogP contribution is 2.37. The van der Waals surface area contributed by atoms with E-state index in [-0.39, 0.29) is 0 Å². The first-order chi connectivity index (χ1) is 17.4. The van der Waals surface area contributed by atoms with Crippen molar-refractivity contribution in [2.24, 2.45) is 0 Å². The van der Waals surface area contributed by atoms with Gasteiger partial charge in [0.1, 0.15) is 0 Å². The Morgan fingerprint density at radius 1 is 0.486 bits per heavy atom. The number of rotatable bonds is 1. The number of hydrogen-bond acceptors (Lipinski definition) is 1. The molecule has 0 aromatic heterocycles. The third-order valence-corrected chi connectivity index (χ3v) is 5.95. The summed E-state index contributed by atoms with van der Waals surface area (Å²) in [5.41, 5.74) is 11.1. The summed E-state index contributed by atoms with van der Waals surface area (Å²) in [7, 11) is 0. The summed E-state index contributed by atoms with van der Waals surface area (Å²) in [5, 5.41) is 0. The van der Waals surface area contributed by atoms with Crippen molar-refractivity contribution in [1.29, 1.82) is 0 Å². The van der Waals surface area contributed by atoms with E-state index in [1.165, 1.54) is 44.6 Å². The van der Waals surface area contributed by atoms with Crippen LogP contribution in [0.3, 0.4) is 0 Å². The summed E-state index contributed by atoms with van der Waals surface area (Å²) in [6.07, 6.45) is 1.01. The Hall–Kier alpha value is -3.26. The molecule has 0 radical (unpaired) electrons. The third-order valence-electron chi connectivity index (χ3n) is 5.95. The minimum absolute atomic E-state index is 0.317. The van der Waals surface area contributed by atoms with Crippen LogP contribution in [0.25, 0.3) is 0 Å². The summed E-state index contributed by atoms with van der Waals surface area (Å²) in [6, 6.07) is 35.4. The molecular weight excluding hydrogens is 421 g/mol. The van der Waals surface area contributed by atoms with Crippen LogP contribution in [0.5, 0.6) is 0 Å². The maximum Gasteiger partial charge on any atom is 0.247 e. The van der Waals surface area contributed by atoms with Gasteiger partial charge in [-0.05, 0) is 52.7 Å². The van der Waals surface area contributed by atoms with Crippen molar-refractivity contribution in [3.05, 3.63) is 108 Å². The summed E-state index contributed by atoms with van der Waals surface area (Å²) >= 11 is 0. The second kappa shape index (κ2) is 14.2. The molecule has 0 amide bonds. The predicted octanol–water partition coefficient (Wildman–Crippen LogP) is 8.00. The molecule has 0 bridgehead atoms. The van der Waals surface area contributed by atoms with Crippen LogP contribution in [0.1, 0.15) is 66.5 Å². The molecule has 182 valence electrons. The molecule has 4 aromatic carbocycles. The lowest BCUT2D eigenvalue weighted by Crippen LogP contribution is -2.61. The molecule has 2 aliphatic rings. The van der Waals surface area contributed by atoms with Crippen molar-refractivity contribution in [3.8, 4) is 0 Å². The van der Waals surface area contributed by atoms with Crippen LogP contribution in [-0.4, -0.2) is 6.71 Å². The van der Waals surface area contributed by atoms with Crippen LogP contribution in [0.2, 0.25) is 0 Å². The quantitative estimate of drug-likeness (QED) is 0.223. The minimum Gasteiger partial charge on any atom is -0.312 e. The lowest BCUT2D eigenvalue weighted by Gasteiger charge is -2.40. The summed E-state index contributed by atoms with van der Waals surface area (Å²) < 4.78 is 0. The maximum atomic E-state index is 2.43. The fraction of sp³-hybridized carbons (Fsp3) is 0.273. The van der Waals surface area contributed by atoms with Gasteiger partial charge in [0, 0.05) is 17.1 Å². The maximum absolute atomic E-state index is 2.43. The lowest BCUT2D eigenvalue weighted by atomic mass is 9.32. The molecule has 0 saturated heterocycles. The molecule has 0 unspecified atom stereocenters. The van der Waals surface area contributed by atoms with Crippen LogP contribution >= 0.6 is 0 Å². The van der Waals surface area contributed by atoms with E-state index < -0.39 is 0 Å². The molecule has 6 rings (SSSR count). The Kier molecular flexibility index (Phi) is 11.4. The van der Waals surface area contributed by atoms with Gasteiger partial charge in [-0.2, -0.15) is 0 Å². The number of fused-ring (bicyclic) bond motifs is 4. The van der Waals surface area contributed by atoms with E-state index in [9.17, 15) is 0 Å². The molecule has 1 nitrogen and oxygen atoms in total. The monoisotopic (exact) mass is 463 g/mol. The van der Waals surface area contributed by atoms with Crippen LogP contribution in [-0.2, 0) is 6.42 Å². The van der Waals surface area contributed by atoms with Gasteiger partial charge in [0.05, 0.1) is 0 Å². The zero-order valence-electron chi connectivity index (χ0n) is 23.0. The van der Waals surface area contributed by atoms with Crippen LogP contribution in [0.4, 0.5) is 17.1 Å². The first-order valence-electron chi connectivity index (χ1n) is 13.6. The molecule has 2 heterocycles. The standard InChI is InChI=1S/C25H18BN.4C2H6/c1-2-11-20(12-3-1)27-23-15-7-6-14-22(23)26-21-13-5-4-9-18(21)17-19-10-8-16-24(27)25(19)26;4*1-2/h1-16H,17H2;4*1-2H3. The van der Waals surface area contributed by atoms with Gasteiger partial charge in [0.25, 0.3) is 0 Å². The molecule has 0 N–H and O–H groups in total. The average molecular weight is 464 g/mol. The number of hydrogen-bond donors (Lipinski definition) is 0. The van der Waals surface area contributed by atoms with E-state index in [1.54, 1.807) is 0 Å². The van der Waals surface area contributed by atoms with Gasteiger partial charge in [-0.3, -0.25) is 0 Å². The normalized spacial score (nSPS) is 11.2. The van der Waals surface area contributed by atoms with E-state index in [2.05, 4.69) is 102 Å². The number of para-hydroxylation sites is 2. The Balaban J connectivity index is 0.000000495. The Morgan fingerprint density at radius 3 is 1.69 bits per heavy atom. The van der Waals surface area contributed by atoms with Gasteiger partial charge in [0.15, 0.2) is 0 Å². The van der Waals surface area contributed by atoms with E-state index in [1.807, 2.05) is 55.4 Å². The molecule has 0 spiro atoms. The fourth-order valence-electron chi connectivity index (χ4n) is 4.86. The second-order valence-corrected chi connectivity index (χ2v) is 7.39. The summed E-state index contributed by atoms with van der Waals surface area (Å²) in [5.74, 6) is 0. The van der Waals surface area contributed by atoms with Gasteiger partial charge in [-0.25, -0.2) is 0 Å². The lowest BCUT2D eigenvalue weighted by molar-refractivity contribution is 1.19. The zero-order chi connectivity index (χ0) is 25.8. The third kappa shape index (κ3) is 5.38. The summed E-state index contributed by atoms with van der Waals surface area (Å²) in [6.45, 7) is 16.3. The zero-order valence-corrected chi connectivity index (χ0v) is 23.0. The molecule has 0 saturated carbocycles. The fourth-order valence-corrected chi connectivity index (χ4v) is 4.86. The number of nitrogens with zero attached hydrogens (tertiary/aromatic N) is 1. The molecule has 0 atom stereocenters. The van der Waals surface area contributed by atoms with E-state index in [4.69, 9.17) is 0 Å². The topological polar surface area (TPSA) is 3.24 Å². The molecule has 0 aliphatic carbocycles. The molecule has 0 fully saturated rings. The second-order valence-electron chi connectivity index (χ2n) is 7.39. The minimum atomic E-state index is 0.317. The van der Waals surface area contributed by atoms with Crippen molar-refractivity contribution in [2.45, 2.75) is 61.8 Å². The Labute approximate surface area is 214 Å². The molecular formula is C33H42BN. The van der Waals surface area contributed by atoms with Crippen molar-refractivity contribution >= 4 is 40.2 Å². The molecule has 35 heavy (non-hydrogen) atoms. The van der Waals surface area contributed by atoms with Crippen molar-refractivity contribution < 1.29 is 0 Å². The van der Waals surface area contributed by atoms with Gasteiger partial charge >= 0.3 is 0 Å². The van der Waals surface area contributed by atoms with Crippen LogP contribution in [0, 0.1) is 0 Å². The first kappa shape index (κ1) is 28.0. The van der Waals surface area contributed by atoms with Crippen molar-refractivity contribution in [3.63, 3.8) is 0 Å². The smallest absolute Gasteiger partial charge is 0.247 e. The molecule has 2 aliphatic heterocycles. The molecule has 2 heteroatoms. The van der Waals surface area contributed by atoms with E-state index in [0.29, 0.717) is 6.71 Å². The van der Waals surface area contributed by atoms with Crippen molar-refractivity contribution in [2.75, 3.05) is 4.90 Å². The summed E-state index contributed by atoms with van der Waals surface area (Å²) in [4.78, 5) is 2.43. The highest BCUT2D eigenvalue weighted by molar-refractivity contribution is 6.98. The number of anilines is 3. The van der Waals surface area contributed by atoms with Gasteiger partial charge in [-0.15, -0.1) is 0 Å². The van der Waals surface area contributed by atoms with E-state index >= 15 is 0 Å². The Bertz CT molecular complexity index is 1170.